The minimum Gasteiger partial charge on any atom is -0.352 e. The summed E-state index contributed by atoms with van der Waals surface area (Å²) in [5.74, 6) is 0.107. The molecule has 0 saturated carbocycles. The molecule has 3 heteroatoms. The summed E-state index contributed by atoms with van der Waals surface area (Å²) in [5, 5.41) is 0. The van der Waals surface area contributed by atoms with Gasteiger partial charge in [0.25, 0.3) is 5.91 Å². The fourth-order valence-corrected chi connectivity index (χ4v) is 2.21. The Hall–Kier alpha value is -1.35. The van der Waals surface area contributed by atoms with E-state index in [-0.39, 0.29) is 18.2 Å². The molecule has 2 unspecified atom stereocenters. The van der Waals surface area contributed by atoms with Crippen LogP contribution in [-0.4, -0.2) is 23.5 Å². The van der Waals surface area contributed by atoms with Crippen molar-refractivity contribution in [1.82, 2.24) is 4.90 Å². The summed E-state index contributed by atoms with van der Waals surface area (Å²) < 4.78 is 5.59. The first-order valence-electron chi connectivity index (χ1n) is 4.82. The van der Waals surface area contributed by atoms with Gasteiger partial charge in [0.05, 0.1) is 12.6 Å². The first-order valence-corrected chi connectivity index (χ1v) is 4.82. The van der Waals surface area contributed by atoms with Crippen LogP contribution in [0, 0.1) is 0 Å². The van der Waals surface area contributed by atoms with Crippen LogP contribution in [0.2, 0.25) is 0 Å². The molecule has 1 fully saturated rings. The van der Waals surface area contributed by atoms with Gasteiger partial charge in [-0.2, -0.15) is 0 Å². The molecule has 0 aliphatic carbocycles. The van der Waals surface area contributed by atoms with E-state index < -0.39 is 0 Å². The lowest BCUT2D eigenvalue weighted by atomic mass is 10.1. The fourth-order valence-electron chi connectivity index (χ4n) is 2.21. The molecule has 1 amide bonds. The third kappa shape index (κ3) is 0.826. The molecule has 1 aromatic rings. The lowest BCUT2D eigenvalue weighted by Crippen LogP contribution is -2.31. The van der Waals surface area contributed by atoms with Gasteiger partial charge in [-0.15, -0.1) is 0 Å². The molecule has 3 nitrogen and oxygen atoms in total. The molecule has 0 N–H and O–H groups in total. The van der Waals surface area contributed by atoms with Gasteiger partial charge in [0.1, 0.15) is 0 Å². The normalized spacial score (nSPS) is 29.2. The first-order chi connectivity index (χ1) is 6.79. The van der Waals surface area contributed by atoms with Crippen LogP contribution in [0.1, 0.15) is 29.1 Å². The lowest BCUT2D eigenvalue weighted by molar-refractivity contribution is 0.0358. The van der Waals surface area contributed by atoms with Crippen LogP contribution in [0.15, 0.2) is 24.3 Å². The van der Waals surface area contributed by atoms with Crippen LogP contribution in [0.25, 0.3) is 0 Å². The van der Waals surface area contributed by atoms with E-state index in [9.17, 15) is 4.79 Å². The predicted octanol–water partition coefficient (Wildman–Crippen LogP) is 1.56. The smallest absolute Gasteiger partial charge is 0.256 e. The second kappa shape index (κ2) is 2.58. The van der Waals surface area contributed by atoms with Crippen LogP contribution in [-0.2, 0) is 4.74 Å². The minimum absolute atomic E-state index is 0.107. The van der Waals surface area contributed by atoms with E-state index in [1.54, 1.807) is 0 Å². The third-order valence-corrected chi connectivity index (χ3v) is 2.91. The Bertz CT molecular complexity index is 402. The number of fused-ring (bicyclic) bond motifs is 3. The number of nitrogens with zero attached hydrogens (tertiary/aromatic N) is 1. The molecular formula is C11H11NO2. The van der Waals surface area contributed by atoms with Crippen molar-refractivity contribution in [1.29, 1.82) is 0 Å². The zero-order valence-electron chi connectivity index (χ0n) is 7.93. The van der Waals surface area contributed by atoms with Gasteiger partial charge < -0.3 is 9.64 Å². The van der Waals surface area contributed by atoms with E-state index >= 15 is 0 Å². The number of benzene rings is 1. The summed E-state index contributed by atoms with van der Waals surface area (Å²) in [7, 11) is 0. The van der Waals surface area contributed by atoms with Crippen molar-refractivity contribution in [2.45, 2.75) is 19.2 Å². The summed E-state index contributed by atoms with van der Waals surface area (Å²) in [5.41, 5.74) is 1.81. The second-order valence-electron chi connectivity index (χ2n) is 3.83. The Morgan fingerprint density at radius 3 is 3.07 bits per heavy atom. The van der Waals surface area contributed by atoms with Crippen molar-refractivity contribution < 1.29 is 9.53 Å². The second-order valence-corrected chi connectivity index (χ2v) is 3.83. The van der Waals surface area contributed by atoms with Crippen LogP contribution >= 0.6 is 0 Å². The number of hydrogen-bond acceptors (Lipinski definition) is 2. The van der Waals surface area contributed by atoms with Gasteiger partial charge >= 0.3 is 0 Å². The highest BCUT2D eigenvalue weighted by molar-refractivity contribution is 5.99. The largest absolute Gasteiger partial charge is 0.352 e. The predicted molar refractivity (Wildman–Crippen MR) is 50.8 cm³/mol. The molecule has 2 aliphatic heterocycles. The highest BCUT2D eigenvalue weighted by Gasteiger charge is 2.44. The van der Waals surface area contributed by atoms with Crippen LogP contribution in [0.5, 0.6) is 0 Å². The van der Waals surface area contributed by atoms with E-state index in [4.69, 9.17) is 4.74 Å². The Kier molecular flexibility index (Phi) is 1.47. The Labute approximate surface area is 82.3 Å². The summed E-state index contributed by atoms with van der Waals surface area (Å²) in [6, 6.07) is 7.87. The van der Waals surface area contributed by atoms with E-state index in [0.717, 1.165) is 11.1 Å². The van der Waals surface area contributed by atoms with Crippen molar-refractivity contribution in [2.24, 2.45) is 0 Å². The first kappa shape index (κ1) is 8.00. The minimum atomic E-state index is -0.131. The topological polar surface area (TPSA) is 29.5 Å². The van der Waals surface area contributed by atoms with E-state index in [1.165, 1.54) is 0 Å². The van der Waals surface area contributed by atoms with Crippen molar-refractivity contribution in [2.75, 3.05) is 6.61 Å². The standard InChI is InChI=1S/C11H11NO2/c1-7-6-14-11-9-5-3-2-4-8(9)10(13)12(7)11/h2-5,7,11H,6H2,1H3. The van der Waals surface area contributed by atoms with Gasteiger partial charge in [0.15, 0.2) is 6.23 Å². The molecule has 2 heterocycles. The Morgan fingerprint density at radius 1 is 1.43 bits per heavy atom. The third-order valence-electron chi connectivity index (χ3n) is 2.91. The maximum absolute atomic E-state index is 11.9. The molecule has 2 aliphatic rings. The van der Waals surface area contributed by atoms with E-state index in [1.807, 2.05) is 36.1 Å². The molecular weight excluding hydrogens is 178 g/mol. The van der Waals surface area contributed by atoms with Gasteiger partial charge in [-0.1, -0.05) is 18.2 Å². The average Bonchev–Trinajstić information content (AvgIpc) is 2.70. The summed E-state index contributed by atoms with van der Waals surface area (Å²) >= 11 is 0. The fraction of sp³-hybridized carbons (Fsp3) is 0.364. The van der Waals surface area contributed by atoms with Gasteiger partial charge in [0.2, 0.25) is 0 Å². The molecule has 0 bridgehead atoms. The van der Waals surface area contributed by atoms with Crippen LogP contribution in [0.3, 0.4) is 0 Å². The zero-order valence-corrected chi connectivity index (χ0v) is 7.93. The Morgan fingerprint density at radius 2 is 2.21 bits per heavy atom. The average molecular weight is 189 g/mol. The molecule has 0 aromatic heterocycles. The number of carbonyl (C=O) groups is 1. The van der Waals surface area contributed by atoms with Crippen molar-refractivity contribution >= 4 is 5.91 Å². The molecule has 1 aromatic carbocycles. The monoisotopic (exact) mass is 189 g/mol. The highest BCUT2D eigenvalue weighted by atomic mass is 16.5. The molecule has 14 heavy (non-hydrogen) atoms. The SMILES string of the molecule is CC1COC2c3ccccc3C(=O)N12. The molecule has 1 saturated heterocycles. The van der Waals surface area contributed by atoms with E-state index in [2.05, 4.69) is 0 Å². The Balaban J connectivity index is 2.15. The van der Waals surface area contributed by atoms with E-state index in [0.29, 0.717) is 6.61 Å². The molecule has 0 spiro atoms. The number of rotatable bonds is 0. The number of amides is 1. The number of hydrogen-bond donors (Lipinski definition) is 0. The molecule has 0 radical (unpaired) electrons. The van der Waals surface area contributed by atoms with Gasteiger partial charge in [-0.3, -0.25) is 4.79 Å². The summed E-state index contributed by atoms with van der Waals surface area (Å²) in [6.07, 6.45) is -0.131. The molecule has 3 rings (SSSR count). The number of ether oxygens (including phenoxy) is 1. The number of carbonyl (C=O) groups excluding carboxylic acids is 1. The van der Waals surface area contributed by atoms with Crippen molar-refractivity contribution in [3.8, 4) is 0 Å². The van der Waals surface area contributed by atoms with Crippen LogP contribution < -0.4 is 0 Å². The molecule has 2 atom stereocenters. The lowest BCUT2D eigenvalue weighted by Gasteiger charge is -2.17. The van der Waals surface area contributed by atoms with Crippen molar-refractivity contribution in [3.63, 3.8) is 0 Å². The quantitative estimate of drug-likeness (QED) is 0.619. The maximum atomic E-state index is 11.9. The highest BCUT2D eigenvalue weighted by Crippen LogP contribution is 2.39. The summed E-state index contributed by atoms with van der Waals surface area (Å²) in [4.78, 5) is 13.8. The van der Waals surface area contributed by atoms with Gasteiger partial charge in [-0.05, 0) is 13.0 Å². The maximum Gasteiger partial charge on any atom is 0.256 e. The van der Waals surface area contributed by atoms with Gasteiger partial charge in [0, 0.05) is 11.1 Å². The van der Waals surface area contributed by atoms with Crippen LogP contribution in [0.4, 0.5) is 0 Å². The summed E-state index contributed by atoms with van der Waals surface area (Å²) in [6.45, 7) is 2.66. The van der Waals surface area contributed by atoms with Crippen molar-refractivity contribution in [3.05, 3.63) is 35.4 Å². The zero-order chi connectivity index (χ0) is 9.71. The van der Waals surface area contributed by atoms with Gasteiger partial charge in [-0.25, -0.2) is 0 Å². The molecule has 72 valence electrons.